The van der Waals surface area contributed by atoms with Crippen LogP contribution in [-0.2, 0) is 13.2 Å². The van der Waals surface area contributed by atoms with Gasteiger partial charge in [-0.15, -0.1) is 10.2 Å². The molecule has 1 unspecified atom stereocenters. The van der Waals surface area contributed by atoms with Gasteiger partial charge in [0.25, 0.3) is 0 Å². The average molecular weight is 494 g/mol. The first-order valence-corrected chi connectivity index (χ1v) is 13.4. The fourth-order valence-electron chi connectivity index (χ4n) is 5.99. The summed E-state index contributed by atoms with van der Waals surface area (Å²) in [5.41, 5.74) is 6.81. The Labute approximate surface area is 203 Å². The molecule has 3 aliphatic rings. The van der Waals surface area contributed by atoms with Crippen LogP contribution in [0, 0.1) is 5.41 Å². The first kappa shape index (κ1) is 24.1. The van der Waals surface area contributed by atoms with Crippen molar-refractivity contribution in [2.24, 2.45) is 18.2 Å². The van der Waals surface area contributed by atoms with Crippen molar-refractivity contribution in [1.29, 1.82) is 0 Å². The van der Waals surface area contributed by atoms with Gasteiger partial charge in [-0.05, 0) is 87.1 Å². The molecule has 2 heterocycles. The summed E-state index contributed by atoms with van der Waals surface area (Å²) < 4.78 is 40.7. The summed E-state index contributed by atoms with van der Waals surface area (Å²) in [5, 5.41) is 9.91. The van der Waals surface area contributed by atoms with Crippen LogP contribution in [-0.4, -0.2) is 51.1 Å². The van der Waals surface area contributed by atoms with Gasteiger partial charge in [-0.25, -0.2) is 0 Å². The lowest BCUT2D eigenvalue weighted by molar-refractivity contribution is -0.137. The second-order valence-electron chi connectivity index (χ2n) is 10.5. The van der Waals surface area contributed by atoms with Crippen molar-refractivity contribution in [3.05, 3.63) is 41.2 Å². The van der Waals surface area contributed by atoms with Crippen molar-refractivity contribution in [3.63, 3.8) is 0 Å². The molecule has 2 atom stereocenters. The molecule has 0 radical (unpaired) electrons. The first-order valence-electron chi connectivity index (χ1n) is 12.4. The van der Waals surface area contributed by atoms with Crippen LogP contribution in [0.4, 0.5) is 13.2 Å². The molecule has 1 spiro atoms. The van der Waals surface area contributed by atoms with E-state index in [0.717, 1.165) is 86.9 Å². The summed E-state index contributed by atoms with van der Waals surface area (Å²) in [6.07, 6.45) is 3.39. The van der Waals surface area contributed by atoms with Crippen LogP contribution in [0.15, 0.2) is 29.4 Å². The standard InChI is InChI=1S/C25H34F3N5S/c1-32-22(18-5-9-20(29)10-6-18)30-31-23(32)34-14-2-12-33-13-11-24(16-33)15-21(24)17-3-7-19(8-4-17)25(26,27)28/h3-4,7-8,18,20-21H,2,5-6,9-16,29H2,1H3/t18?,20?,21-,24?/m1/s1. The minimum absolute atomic E-state index is 0.272. The van der Waals surface area contributed by atoms with E-state index in [1.165, 1.54) is 12.1 Å². The van der Waals surface area contributed by atoms with E-state index in [4.69, 9.17) is 5.73 Å². The van der Waals surface area contributed by atoms with Crippen LogP contribution >= 0.6 is 11.8 Å². The molecule has 2 saturated carbocycles. The second-order valence-corrected chi connectivity index (χ2v) is 11.5. The number of halogens is 3. The number of hydrogen-bond acceptors (Lipinski definition) is 5. The number of rotatable bonds is 7. The monoisotopic (exact) mass is 493 g/mol. The van der Waals surface area contributed by atoms with Crippen LogP contribution < -0.4 is 5.73 Å². The van der Waals surface area contributed by atoms with Gasteiger partial charge in [-0.2, -0.15) is 13.2 Å². The van der Waals surface area contributed by atoms with Crippen molar-refractivity contribution in [2.75, 3.05) is 25.4 Å². The molecule has 9 heteroatoms. The Morgan fingerprint density at radius 2 is 1.85 bits per heavy atom. The fraction of sp³-hybridized carbons (Fsp3) is 0.680. The largest absolute Gasteiger partial charge is 0.416 e. The summed E-state index contributed by atoms with van der Waals surface area (Å²) >= 11 is 1.78. The molecular weight excluding hydrogens is 459 g/mol. The molecule has 3 fully saturated rings. The SMILES string of the molecule is Cn1c(SCCCN2CCC3(C[C@@H]3c3ccc(C(F)(F)F)cc3)C2)nnc1C1CCC(N)CC1. The molecule has 1 aromatic heterocycles. The topological polar surface area (TPSA) is 60.0 Å². The molecule has 34 heavy (non-hydrogen) atoms. The van der Waals surface area contributed by atoms with Crippen LogP contribution in [0.1, 0.15) is 73.7 Å². The van der Waals surface area contributed by atoms with Gasteiger partial charge in [0.05, 0.1) is 5.56 Å². The lowest BCUT2D eigenvalue weighted by Gasteiger charge is -2.25. The van der Waals surface area contributed by atoms with Crippen molar-refractivity contribution in [1.82, 2.24) is 19.7 Å². The zero-order valence-corrected chi connectivity index (χ0v) is 20.5. The number of alkyl halides is 3. The third kappa shape index (κ3) is 5.02. The highest BCUT2D eigenvalue weighted by Gasteiger charge is 2.57. The maximum atomic E-state index is 12.8. The maximum absolute atomic E-state index is 12.8. The molecule has 5 nitrogen and oxygen atoms in total. The Kier molecular flexibility index (Phi) is 6.72. The van der Waals surface area contributed by atoms with Crippen molar-refractivity contribution >= 4 is 11.8 Å². The Morgan fingerprint density at radius 3 is 2.56 bits per heavy atom. The van der Waals surface area contributed by atoms with Crippen molar-refractivity contribution in [2.45, 2.75) is 74.2 Å². The molecule has 0 bridgehead atoms. The Morgan fingerprint density at radius 1 is 1.12 bits per heavy atom. The van der Waals surface area contributed by atoms with Gasteiger partial charge in [0, 0.05) is 31.3 Å². The van der Waals surface area contributed by atoms with Gasteiger partial charge >= 0.3 is 6.18 Å². The van der Waals surface area contributed by atoms with Crippen LogP contribution in [0.2, 0.25) is 0 Å². The number of aromatic nitrogens is 3. The van der Waals surface area contributed by atoms with Gasteiger partial charge in [-0.1, -0.05) is 23.9 Å². The third-order valence-electron chi connectivity index (χ3n) is 8.15. The molecule has 2 aliphatic carbocycles. The second kappa shape index (κ2) is 9.47. The van der Waals surface area contributed by atoms with E-state index in [0.29, 0.717) is 17.9 Å². The molecule has 186 valence electrons. The van der Waals surface area contributed by atoms with E-state index in [2.05, 4.69) is 26.7 Å². The molecule has 1 saturated heterocycles. The Balaban J connectivity index is 1.06. The molecule has 0 amide bonds. The minimum atomic E-state index is -4.27. The summed E-state index contributed by atoms with van der Waals surface area (Å²) in [4.78, 5) is 2.53. The summed E-state index contributed by atoms with van der Waals surface area (Å²) in [5.74, 6) is 2.98. The summed E-state index contributed by atoms with van der Waals surface area (Å²) in [6.45, 7) is 3.20. The summed E-state index contributed by atoms with van der Waals surface area (Å²) in [6, 6.07) is 6.15. The van der Waals surface area contributed by atoms with Crippen molar-refractivity contribution in [3.8, 4) is 0 Å². The van der Waals surface area contributed by atoms with E-state index >= 15 is 0 Å². The first-order chi connectivity index (χ1) is 16.2. The molecule has 2 aromatic rings. The molecule has 2 N–H and O–H groups in total. The van der Waals surface area contributed by atoms with Gasteiger partial charge in [-0.3, -0.25) is 0 Å². The van der Waals surface area contributed by atoms with Gasteiger partial charge in [0.2, 0.25) is 0 Å². The predicted molar refractivity (Wildman–Crippen MR) is 128 cm³/mol. The van der Waals surface area contributed by atoms with E-state index in [1.807, 2.05) is 0 Å². The van der Waals surface area contributed by atoms with Gasteiger partial charge in [0.15, 0.2) is 5.16 Å². The van der Waals surface area contributed by atoms with Crippen LogP contribution in [0.25, 0.3) is 0 Å². The highest BCUT2D eigenvalue weighted by atomic mass is 32.2. The third-order valence-corrected chi connectivity index (χ3v) is 9.26. The fourth-order valence-corrected chi connectivity index (χ4v) is 6.83. The quantitative estimate of drug-likeness (QED) is 0.425. The van der Waals surface area contributed by atoms with Gasteiger partial charge < -0.3 is 15.2 Å². The smallest absolute Gasteiger partial charge is 0.328 e. The van der Waals surface area contributed by atoms with E-state index in [9.17, 15) is 13.2 Å². The molecule has 1 aromatic carbocycles. The molecule has 5 rings (SSSR count). The van der Waals surface area contributed by atoms with Crippen LogP contribution in [0.5, 0.6) is 0 Å². The Bertz CT molecular complexity index is 983. The number of thioether (sulfide) groups is 1. The molecule has 1 aliphatic heterocycles. The predicted octanol–water partition coefficient (Wildman–Crippen LogP) is 5.18. The number of nitrogens with two attached hydrogens (primary N) is 1. The van der Waals surface area contributed by atoms with Gasteiger partial charge in [0.1, 0.15) is 5.82 Å². The average Bonchev–Trinajstić information content (AvgIpc) is 3.16. The lowest BCUT2D eigenvalue weighted by Crippen LogP contribution is -2.26. The molecular formula is C25H34F3N5S. The van der Waals surface area contributed by atoms with Crippen molar-refractivity contribution < 1.29 is 13.2 Å². The zero-order valence-electron chi connectivity index (χ0n) is 19.7. The Hall–Kier alpha value is -1.58. The number of likely N-dealkylation sites (tertiary alicyclic amines) is 1. The minimum Gasteiger partial charge on any atom is -0.328 e. The van der Waals surface area contributed by atoms with E-state index in [1.54, 1.807) is 23.9 Å². The lowest BCUT2D eigenvalue weighted by atomic mass is 9.86. The zero-order chi connectivity index (χ0) is 23.9. The number of benzene rings is 1. The van der Waals surface area contributed by atoms with E-state index < -0.39 is 11.7 Å². The highest BCUT2D eigenvalue weighted by Crippen LogP contribution is 2.64. The highest BCUT2D eigenvalue weighted by molar-refractivity contribution is 7.99. The number of hydrogen-bond donors (Lipinski definition) is 1. The maximum Gasteiger partial charge on any atom is 0.416 e. The summed E-state index contributed by atoms with van der Waals surface area (Å²) in [7, 11) is 2.07. The normalized spacial score (nSPS) is 29.7. The van der Waals surface area contributed by atoms with E-state index in [-0.39, 0.29) is 5.41 Å². The van der Waals surface area contributed by atoms with Crippen LogP contribution in [0.3, 0.4) is 0 Å². The number of nitrogens with zero attached hydrogens (tertiary/aromatic N) is 4.